The maximum Gasteiger partial charge on any atom is 0.272 e. The van der Waals surface area contributed by atoms with Gasteiger partial charge < -0.3 is 19.7 Å². The summed E-state index contributed by atoms with van der Waals surface area (Å²) in [4.78, 5) is 23.6. The van der Waals surface area contributed by atoms with Crippen molar-refractivity contribution < 1.29 is 14.3 Å². The van der Waals surface area contributed by atoms with Crippen molar-refractivity contribution in [2.45, 2.75) is 0 Å². The highest BCUT2D eigenvalue weighted by Gasteiger charge is 2.21. The number of rotatable bonds is 6. The van der Waals surface area contributed by atoms with E-state index in [0.717, 1.165) is 5.56 Å². The summed E-state index contributed by atoms with van der Waals surface area (Å²) in [5.74, 6) is 1.04. The lowest BCUT2D eigenvalue weighted by molar-refractivity contribution is 0.0299. The predicted molar refractivity (Wildman–Crippen MR) is 94.6 cm³/mol. The molecule has 132 valence electrons. The molecule has 1 saturated heterocycles. The average Bonchev–Trinajstić information content (AvgIpc) is 2.69. The minimum absolute atomic E-state index is 0.0994. The quantitative estimate of drug-likeness (QED) is 0.805. The number of nitrogens with one attached hydrogen (secondary N) is 1. The number of methoxy groups -OCH3 is 1. The fraction of sp³-hybridized carbons (Fsp3) is 0.389. The third-order valence-corrected chi connectivity index (χ3v) is 3.89. The Morgan fingerprint density at radius 2 is 2.00 bits per heavy atom. The van der Waals surface area contributed by atoms with E-state index in [0.29, 0.717) is 56.8 Å². The first-order chi connectivity index (χ1) is 12.3. The van der Waals surface area contributed by atoms with Gasteiger partial charge in [-0.3, -0.25) is 4.79 Å². The van der Waals surface area contributed by atoms with Crippen molar-refractivity contribution in [1.29, 1.82) is 0 Å². The second kappa shape index (κ2) is 8.55. The normalized spacial score (nSPS) is 14.4. The predicted octanol–water partition coefficient (Wildman–Crippen LogP) is 1.67. The zero-order valence-corrected chi connectivity index (χ0v) is 14.3. The Morgan fingerprint density at radius 3 is 2.72 bits per heavy atom. The van der Waals surface area contributed by atoms with Gasteiger partial charge in [-0.15, -0.1) is 0 Å². The minimum atomic E-state index is -0.0994. The lowest BCUT2D eigenvalue weighted by atomic mass is 10.2. The summed E-state index contributed by atoms with van der Waals surface area (Å²) in [6.45, 7) is 3.43. The first kappa shape index (κ1) is 17.3. The van der Waals surface area contributed by atoms with Crippen molar-refractivity contribution in [3.63, 3.8) is 0 Å². The van der Waals surface area contributed by atoms with Crippen LogP contribution in [0.1, 0.15) is 10.5 Å². The number of benzene rings is 1. The maximum absolute atomic E-state index is 12.8. The number of ether oxygens (including phenoxy) is 2. The van der Waals surface area contributed by atoms with Gasteiger partial charge in [-0.1, -0.05) is 30.3 Å². The molecule has 0 unspecified atom stereocenters. The molecule has 0 spiro atoms. The van der Waals surface area contributed by atoms with Crippen LogP contribution in [0, 0.1) is 0 Å². The molecule has 1 N–H and O–H groups in total. The molecule has 0 aliphatic carbocycles. The van der Waals surface area contributed by atoms with Gasteiger partial charge in [0.1, 0.15) is 11.5 Å². The highest BCUT2D eigenvalue weighted by atomic mass is 16.5. The molecule has 1 fully saturated rings. The van der Waals surface area contributed by atoms with Crippen LogP contribution in [-0.2, 0) is 9.47 Å². The van der Waals surface area contributed by atoms with E-state index >= 15 is 0 Å². The number of hydrogen-bond donors (Lipinski definition) is 1. The van der Waals surface area contributed by atoms with Crippen LogP contribution in [0.15, 0.2) is 36.4 Å². The van der Waals surface area contributed by atoms with Gasteiger partial charge in [0.25, 0.3) is 5.91 Å². The van der Waals surface area contributed by atoms with E-state index < -0.39 is 0 Å². The summed E-state index contributed by atoms with van der Waals surface area (Å²) in [5.41, 5.74) is 1.25. The molecule has 2 aromatic rings. The van der Waals surface area contributed by atoms with Crippen LogP contribution in [0.4, 0.5) is 5.82 Å². The zero-order chi connectivity index (χ0) is 17.5. The van der Waals surface area contributed by atoms with E-state index in [1.165, 1.54) is 0 Å². The standard InChI is InChI=1S/C18H22N4O3/c1-24-10-7-19-16-13-15(18(23)22-8-11-25-12-9-22)20-17(21-16)14-5-3-2-4-6-14/h2-6,13H,7-12H2,1H3,(H,19,20,21). The van der Waals surface area contributed by atoms with Crippen LogP contribution < -0.4 is 5.32 Å². The van der Waals surface area contributed by atoms with E-state index in [-0.39, 0.29) is 5.91 Å². The molecular weight excluding hydrogens is 320 g/mol. The zero-order valence-electron chi connectivity index (χ0n) is 14.3. The highest BCUT2D eigenvalue weighted by molar-refractivity contribution is 5.93. The van der Waals surface area contributed by atoms with E-state index in [4.69, 9.17) is 9.47 Å². The Morgan fingerprint density at radius 1 is 1.24 bits per heavy atom. The molecule has 7 nitrogen and oxygen atoms in total. The third-order valence-electron chi connectivity index (χ3n) is 3.89. The summed E-state index contributed by atoms with van der Waals surface area (Å²) in [5, 5.41) is 3.18. The molecule has 25 heavy (non-hydrogen) atoms. The molecule has 7 heteroatoms. The van der Waals surface area contributed by atoms with E-state index in [2.05, 4.69) is 15.3 Å². The summed E-state index contributed by atoms with van der Waals surface area (Å²) in [6, 6.07) is 11.3. The SMILES string of the molecule is COCCNc1cc(C(=O)N2CCOCC2)nc(-c2ccccc2)n1. The minimum Gasteiger partial charge on any atom is -0.383 e. The van der Waals surface area contributed by atoms with Crippen molar-refractivity contribution in [2.75, 3.05) is 51.9 Å². The van der Waals surface area contributed by atoms with Crippen molar-refractivity contribution in [3.05, 3.63) is 42.1 Å². The number of aromatic nitrogens is 2. The number of carbonyl (C=O) groups excluding carboxylic acids is 1. The molecule has 2 heterocycles. The molecule has 0 radical (unpaired) electrons. The topological polar surface area (TPSA) is 76.6 Å². The maximum atomic E-state index is 12.8. The molecule has 1 aliphatic rings. The largest absolute Gasteiger partial charge is 0.383 e. The van der Waals surface area contributed by atoms with Crippen molar-refractivity contribution in [2.24, 2.45) is 0 Å². The summed E-state index contributed by atoms with van der Waals surface area (Å²) < 4.78 is 10.4. The molecule has 1 aliphatic heterocycles. The van der Waals surface area contributed by atoms with Crippen molar-refractivity contribution >= 4 is 11.7 Å². The Labute approximate surface area is 147 Å². The second-order valence-corrected chi connectivity index (χ2v) is 5.65. The van der Waals surface area contributed by atoms with Gasteiger partial charge in [0, 0.05) is 38.4 Å². The van der Waals surface area contributed by atoms with Gasteiger partial charge in [-0.25, -0.2) is 9.97 Å². The van der Waals surface area contributed by atoms with Gasteiger partial charge in [0.15, 0.2) is 5.82 Å². The summed E-state index contributed by atoms with van der Waals surface area (Å²) in [7, 11) is 1.64. The van der Waals surface area contributed by atoms with Crippen LogP contribution in [0.2, 0.25) is 0 Å². The number of carbonyl (C=O) groups is 1. The highest BCUT2D eigenvalue weighted by Crippen LogP contribution is 2.19. The molecule has 0 bridgehead atoms. The number of amides is 1. The Kier molecular flexibility index (Phi) is 5.92. The molecule has 1 amide bonds. The Bertz CT molecular complexity index is 703. The van der Waals surface area contributed by atoms with E-state index in [9.17, 15) is 4.79 Å². The Balaban J connectivity index is 1.89. The molecule has 1 aromatic heterocycles. The molecule has 1 aromatic carbocycles. The van der Waals surface area contributed by atoms with Gasteiger partial charge >= 0.3 is 0 Å². The van der Waals surface area contributed by atoms with E-state index in [1.54, 1.807) is 18.1 Å². The first-order valence-electron chi connectivity index (χ1n) is 8.32. The van der Waals surface area contributed by atoms with E-state index in [1.807, 2.05) is 30.3 Å². The monoisotopic (exact) mass is 342 g/mol. The van der Waals surface area contributed by atoms with Crippen molar-refractivity contribution in [3.8, 4) is 11.4 Å². The van der Waals surface area contributed by atoms with Crippen LogP contribution in [0.25, 0.3) is 11.4 Å². The van der Waals surface area contributed by atoms with Crippen molar-refractivity contribution in [1.82, 2.24) is 14.9 Å². The first-order valence-corrected chi connectivity index (χ1v) is 8.32. The van der Waals surface area contributed by atoms with Crippen LogP contribution >= 0.6 is 0 Å². The molecule has 0 atom stereocenters. The third kappa shape index (κ3) is 4.52. The van der Waals surface area contributed by atoms with Gasteiger partial charge in [0.05, 0.1) is 19.8 Å². The number of morpholine rings is 1. The lowest BCUT2D eigenvalue weighted by Crippen LogP contribution is -2.41. The smallest absolute Gasteiger partial charge is 0.272 e. The lowest BCUT2D eigenvalue weighted by Gasteiger charge is -2.26. The van der Waals surface area contributed by atoms with Crippen LogP contribution in [-0.4, -0.2) is 67.3 Å². The molecular formula is C18H22N4O3. The molecule has 3 rings (SSSR count). The van der Waals surface area contributed by atoms with Gasteiger partial charge in [0.2, 0.25) is 0 Å². The van der Waals surface area contributed by atoms with Gasteiger partial charge in [-0.05, 0) is 0 Å². The van der Waals surface area contributed by atoms with Gasteiger partial charge in [-0.2, -0.15) is 0 Å². The Hall–Kier alpha value is -2.51. The molecule has 0 saturated carbocycles. The number of nitrogens with zero attached hydrogens (tertiary/aromatic N) is 3. The average molecular weight is 342 g/mol. The number of hydrogen-bond acceptors (Lipinski definition) is 6. The summed E-state index contributed by atoms with van der Waals surface area (Å²) >= 11 is 0. The fourth-order valence-electron chi connectivity index (χ4n) is 2.57. The van der Waals surface area contributed by atoms with Crippen LogP contribution in [0.5, 0.6) is 0 Å². The number of anilines is 1. The van der Waals surface area contributed by atoms with Crippen LogP contribution in [0.3, 0.4) is 0 Å². The fourth-order valence-corrected chi connectivity index (χ4v) is 2.57. The summed E-state index contributed by atoms with van der Waals surface area (Å²) in [6.07, 6.45) is 0. The second-order valence-electron chi connectivity index (χ2n) is 5.65.